The molecule has 2 aromatic carbocycles. The summed E-state index contributed by atoms with van der Waals surface area (Å²) in [5.74, 6) is -2.39. The Labute approximate surface area is 389 Å². The molecule has 0 aliphatic carbocycles. The fourth-order valence-corrected chi connectivity index (χ4v) is 12.2. The molecule has 6 rings (SSSR count). The zero-order chi connectivity index (χ0) is 48.3. The largest absolute Gasteiger partial charge is 0.462 e. The molecule has 4 saturated heterocycles. The van der Waals surface area contributed by atoms with Crippen molar-refractivity contribution < 1.29 is 38.1 Å². The van der Waals surface area contributed by atoms with Crippen molar-refractivity contribution >= 4 is 23.9 Å². The molecule has 360 valence electrons. The number of nitrogens with one attached hydrogen (secondary N) is 4. The van der Waals surface area contributed by atoms with Crippen LogP contribution in [0.1, 0.15) is 184 Å². The van der Waals surface area contributed by atoms with E-state index in [2.05, 4.69) is 132 Å². The Bertz CT molecular complexity index is 2150. The van der Waals surface area contributed by atoms with Crippen LogP contribution in [-0.2, 0) is 18.9 Å². The molecule has 65 heavy (non-hydrogen) atoms. The highest BCUT2D eigenvalue weighted by Gasteiger charge is 2.49. The fraction of sp³-hybridized carbons (Fsp3) is 0.698. The zero-order valence-electron chi connectivity index (χ0n) is 42.4. The van der Waals surface area contributed by atoms with Gasteiger partial charge in [-0.1, -0.05) is 19.1 Å². The van der Waals surface area contributed by atoms with Crippen molar-refractivity contribution in [1.82, 2.24) is 21.3 Å². The van der Waals surface area contributed by atoms with Crippen molar-refractivity contribution in [2.24, 2.45) is 23.2 Å². The molecular weight excluding hydrogens is 821 g/mol. The van der Waals surface area contributed by atoms with Crippen LogP contribution in [-0.4, -0.2) is 95.1 Å². The van der Waals surface area contributed by atoms with E-state index in [9.17, 15) is 19.2 Å². The van der Waals surface area contributed by atoms with Crippen molar-refractivity contribution in [3.05, 3.63) is 58.7 Å². The summed E-state index contributed by atoms with van der Waals surface area (Å²) in [7, 11) is 0. The second kappa shape index (κ2) is 17.7. The Morgan fingerprint density at radius 2 is 0.846 bits per heavy atom. The summed E-state index contributed by atoms with van der Waals surface area (Å²) in [6.07, 6.45) is 4.05. The van der Waals surface area contributed by atoms with Gasteiger partial charge in [-0.2, -0.15) is 0 Å². The summed E-state index contributed by atoms with van der Waals surface area (Å²) in [5.41, 5.74) is -0.234. The Hall–Kier alpha value is -3.84. The lowest BCUT2D eigenvalue weighted by Crippen LogP contribution is -2.46. The number of benzene rings is 2. The van der Waals surface area contributed by atoms with Gasteiger partial charge in [-0.05, 0) is 171 Å². The van der Waals surface area contributed by atoms with Gasteiger partial charge in [-0.25, -0.2) is 19.2 Å². The Balaban J connectivity index is 1.33. The van der Waals surface area contributed by atoms with E-state index < -0.39 is 23.9 Å². The molecule has 12 nitrogen and oxygen atoms in total. The lowest BCUT2D eigenvalue weighted by atomic mass is 9.76. The molecule has 0 radical (unpaired) electrons. The lowest BCUT2D eigenvalue weighted by Gasteiger charge is -2.31. The number of rotatable bonds is 14. The summed E-state index contributed by atoms with van der Waals surface area (Å²) in [6, 6.07) is 9.96. The Morgan fingerprint density at radius 3 is 1.14 bits per heavy atom. The third kappa shape index (κ3) is 11.3. The first-order valence-electron chi connectivity index (χ1n) is 23.9. The monoisotopic (exact) mass is 901 g/mol. The minimum atomic E-state index is -0.650. The van der Waals surface area contributed by atoms with Gasteiger partial charge in [0.05, 0.1) is 48.7 Å². The van der Waals surface area contributed by atoms with Crippen LogP contribution in [0, 0.1) is 23.2 Å². The number of ether oxygens (including phenoxy) is 4. The van der Waals surface area contributed by atoms with Crippen LogP contribution in [0.25, 0.3) is 11.1 Å². The lowest BCUT2D eigenvalue weighted by molar-refractivity contribution is 0.0228. The van der Waals surface area contributed by atoms with Crippen molar-refractivity contribution in [1.29, 1.82) is 0 Å². The molecule has 4 fully saturated rings. The van der Waals surface area contributed by atoms with E-state index in [0.717, 1.165) is 32.1 Å². The minimum Gasteiger partial charge on any atom is -0.462 e. The number of esters is 4. The maximum atomic E-state index is 14.4. The molecule has 4 aliphatic rings. The number of hydrogen-bond donors (Lipinski definition) is 4. The summed E-state index contributed by atoms with van der Waals surface area (Å²) in [5, 5.41) is 14.6. The van der Waals surface area contributed by atoms with Crippen LogP contribution in [0.15, 0.2) is 36.4 Å². The van der Waals surface area contributed by atoms with E-state index in [-0.39, 0.29) is 117 Å². The van der Waals surface area contributed by atoms with E-state index in [1.165, 1.54) is 0 Å². The molecule has 0 spiro atoms. The van der Waals surface area contributed by atoms with Gasteiger partial charge >= 0.3 is 23.9 Å². The Kier molecular flexibility index (Phi) is 13.7. The minimum absolute atomic E-state index is 0.0322. The van der Waals surface area contributed by atoms with Crippen molar-refractivity contribution in [2.75, 3.05) is 26.4 Å². The average Bonchev–Trinajstić information content (AvgIpc) is 3.75. The molecule has 0 bridgehead atoms. The molecule has 12 heteroatoms. The van der Waals surface area contributed by atoms with Gasteiger partial charge < -0.3 is 40.2 Å². The van der Waals surface area contributed by atoms with E-state index >= 15 is 0 Å². The maximum Gasteiger partial charge on any atom is 0.339 e. The number of carbonyl (C=O) groups excluding carboxylic acids is 4. The molecular formula is C53H80N4O8. The normalized spacial score (nSPS) is 28.7. The molecule has 0 saturated carbocycles. The molecule has 4 aliphatic heterocycles. The summed E-state index contributed by atoms with van der Waals surface area (Å²) < 4.78 is 24.2. The first kappa shape index (κ1) is 50.6. The van der Waals surface area contributed by atoms with Crippen LogP contribution in [0.4, 0.5) is 0 Å². The van der Waals surface area contributed by atoms with Gasteiger partial charge in [0, 0.05) is 68.0 Å². The molecule has 0 amide bonds. The van der Waals surface area contributed by atoms with E-state index in [4.69, 9.17) is 18.9 Å². The second-order valence-corrected chi connectivity index (χ2v) is 24.4. The highest BCUT2D eigenvalue weighted by Crippen LogP contribution is 2.43. The van der Waals surface area contributed by atoms with Gasteiger partial charge in [0.15, 0.2) is 0 Å². The second-order valence-electron chi connectivity index (χ2n) is 24.4. The molecule has 4 heterocycles. The standard InChI is InChI=1S/C53H80N4O8/c1-17-53(30-49(9,10)54-32(53)2)31-65-45(61)41-23-34(19-21-39(41)43(59)63-28-36-25-47(5,6)56-51(36,13)14)33-18-20-38(42(58)62-27-35-24-46(3,4)55-50(35,11)12)40(22-33)44(60)64-29-37-26-48(7,8)57-52(37,15)16/h18-23,32,35-37,54-57H,17,24-31H2,1-16H3. The SMILES string of the molecule is CCC1(COC(=O)c2cc(-c3ccc(C(=O)OCC4CC(C)(C)NC4(C)C)c(C(=O)OCC4CC(C)(C)NC4(C)C)c3)ccc2C(=O)OCC2CC(C)(C)NC2(C)C)CC(C)(C)NC1C. The quantitative estimate of drug-likeness (QED) is 0.106. The van der Waals surface area contributed by atoms with Crippen LogP contribution in [0.3, 0.4) is 0 Å². The topological polar surface area (TPSA) is 153 Å². The first-order chi connectivity index (χ1) is 29.8. The molecule has 5 atom stereocenters. The van der Waals surface area contributed by atoms with Gasteiger partial charge in [0.25, 0.3) is 0 Å². The predicted octanol–water partition coefficient (Wildman–Crippen LogP) is 9.04. The van der Waals surface area contributed by atoms with Gasteiger partial charge in [-0.15, -0.1) is 0 Å². The summed E-state index contributed by atoms with van der Waals surface area (Å²) in [6.45, 7) is 34.7. The van der Waals surface area contributed by atoms with Crippen LogP contribution in [0.5, 0.6) is 0 Å². The smallest absolute Gasteiger partial charge is 0.339 e. The average molecular weight is 901 g/mol. The molecule has 2 aromatic rings. The molecule has 0 aromatic heterocycles. The van der Waals surface area contributed by atoms with Crippen LogP contribution in [0.2, 0.25) is 0 Å². The van der Waals surface area contributed by atoms with Crippen LogP contribution < -0.4 is 21.3 Å². The highest BCUT2D eigenvalue weighted by atomic mass is 16.5. The molecule has 4 N–H and O–H groups in total. The van der Waals surface area contributed by atoms with Gasteiger partial charge in [-0.3, -0.25) is 0 Å². The van der Waals surface area contributed by atoms with Gasteiger partial charge in [0.2, 0.25) is 0 Å². The van der Waals surface area contributed by atoms with Crippen molar-refractivity contribution in [2.45, 2.75) is 188 Å². The summed E-state index contributed by atoms with van der Waals surface area (Å²) >= 11 is 0. The summed E-state index contributed by atoms with van der Waals surface area (Å²) in [4.78, 5) is 56.7. The third-order valence-electron chi connectivity index (χ3n) is 15.3. The van der Waals surface area contributed by atoms with Crippen molar-refractivity contribution in [3.8, 4) is 11.1 Å². The third-order valence-corrected chi connectivity index (χ3v) is 15.3. The number of hydrogen-bond acceptors (Lipinski definition) is 12. The first-order valence-corrected chi connectivity index (χ1v) is 23.9. The van der Waals surface area contributed by atoms with E-state index in [0.29, 0.717) is 11.1 Å². The van der Waals surface area contributed by atoms with Crippen molar-refractivity contribution in [3.63, 3.8) is 0 Å². The van der Waals surface area contributed by atoms with Gasteiger partial charge in [0.1, 0.15) is 0 Å². The van der Waals surface area contributed by atoms with Crippen LogP contribution >= 0.6 is 0 Å². The Morgan fingerprint density at radius 1 is 0.508 bits per heavy atom. The maximum absolute atomic E-state index is 14.4. The van der Waals surface area contributed by atoms with E-state index in [1.807, 2.05) is 0 Å². The fourth-order valence-electron chi connectivity index (χ4n) is 12.2. The number of carbonyl (C=O) groups is 4. The van der Waals surface area contributed by atoms with E-state index in [1.54, 1.807) is 36.4 Å². The predicted molar refractivity (Wildman–Crippen MR) is 255 cm³/mol. The highest BCUT2D eigenvalue weighted by molar-refractivity contribution is 6.06. The molecule has 5 unspecified atom stereocenters. The zero-order valence-corrected chi connectivity index (χ0v) is 42.4.